The van der Waals surface area contributed by atoms with Crippen LogP contribution in [0, 0.1) is 0 Å². The van der Waals surface area contributed by atoms with E-state index < -0.39 is 0 Å². The van der Waals surface area contributed by atoms with Crippen LogP contribution < -0.4 is 0 Å². The third-order valence-corrected chi connectivity index (χ3v) is 5.35. The fourth-order valence-electron chi connectivity index (χ4n) is 3.45. The molecular formula is C23H23N. The Hall–Kier alpha value is -2.54. The number of fused-ring (bicyclic) bond motifs is 3. The molecule has 0 saturated carbocycles. The number of rotatable bonds is 3. The second-order valence-electron chi connectivity index (χ2n) is 7.16. The fourth-order valence-corrected chi connectivity index (χ4v) is 3.45. The molecule has 0 saturated heterocycles. The van der Waals surface area contributed by atoms with E-state index in [1.807, 2.05) is 0 Å². The molecule has 0 unspecified atom stereocenters. The van der Waals surface area contributed by atoms with E-state index in [1.54, 1.807) is 0 Å². The number of hydrogen-bond donors (Lipinski definition) is 0. The summed E-state index contributed by atoms with van der Waals surface area (Å²) in [6.45, 7) is 6.91. The normalized spacial score (nSPS) is 12.1. The van der Waals surface area contributed by atoms with E-state index in [9.17, 15) is 0 Å². The molecule has 0 aliphatic heterocycles. The highest BCUT2D eigenvalue weighted by Gasteiger charge is 2.20. The summed E-state index contributed by atoms with van der Waals surface area (Å²) in [7, 11) is 0. The maximum atomic E-state index is 2.39. The summed E-state index contributed by atoms with van der Waals surface area (Å²) in [5.74, 6) is 0. The van der Waals surface area contributed by atoms with Crippen LogP contribution in [-0.4, -0.2) is 4.57 Å². The summed E-state index contributed by atoms with van der Waals surface area (Å²) in [5, 5.41) is 2.64. The number of aromatic nitrogens is 1. The van der Waals surface area contributed by atoms with E-state index in [2.05, 4.69) is 98.1 Å². The van der Waals surface area contributed by atoms with Gasteiger partial charge in [-0.1, -0.05) is 69.3 Å². The smallest absolute Gasteiger partial charge is 0.0544 e. The van der Waals surface area contributed by atoms with Gasteiger partial charge in [0.2, 0.25) is 0 Å². The second-order valence-corrected chi connectivity index (χ2v) is 7.16. The molecule has 1 aromatic heterocycles. The SMILES string of the molecule is CCC(C)(C)c1ccc2c3ccccc3n(-c3ccccc3)c2c1. The van der Waals surface area contributed by atoms with Gasteiger partial charge in [-0.25, -0.2) is 0 Å². The highest BCUT2D eigenvalue weighted by Crippen LogP contribution is 2.35. The van der Waals surface area contributed by atoms with Gasteiger partial charge < -0.3 is 4.57 Å². The summed E-state index contributed by atoms with van der Waals surface area (Å²) >= 11 is 0. The van der Waals surface area contributed by atoms with Crippen molar-refractivity contribution < 1.29 is 0 Å². The Balaban J connectivity index is 2.12. The van der Waals surface area contributed by atoms with Crippen molar-refractivity contribution >= 4 is 21.8 Å². The quantitative estimate of drug-likeness (QED) is 0.408. The van der Waals surface area contributed by atoms with Crippen LogP contribution in [0.4, 0.5) is 0 Å². The Labute approximate surface area is 143 Å². The minimum Gasteiger partial charge on any atom is -0.309 e. The van der Waals surface area contributed by atoms with E-state index >= 15 is 0 Å². The average Bonchev–Trinajstić information content (AvgIpc) is 2.96. The highest BCUT2D eigenvalue weighted by molar-refractivity contribution is 6.09. The third kappa shape index (κ3) is 2.24. The molecule has 24 heavy (non-hydrogen) atoms. The van der Waals surface area contributed by atoms with Gasteiger partial charge in [-0.2, -0.15) is 0 Å². The van der Waals surface area contributed by atoms with E-state index in [1.165, 1.54) is 33.1 Å². The largest absolute Gasteiger partial charge is 0.309 e. The molecule has 0 aliphatic rings. The van der Waals surface area contributed by atoms with Gasteiger partial charge in [0.1, 0.15) is 0 Å². The van der Waals surface area contributed by atoms with Gasteiger partial charge in [0.15, 0.2) is 0 Å². The zero-order valence-corrected chi connectivity index (χ0v) is 14.6. The van der Waals surface area contributed by atoms with Crippen molar-refractivity contribution in [3.63, 3.8) is 0 Å². The Morgan fingerprint density at radius 2 is 1.42 bits per heavy atom. The summed E-state index contributed by atoms with van der Waals surface area (Å²) in [6.07, 6.45) is 1.13. The molecule has 1 heteroatoms. The monoisotopic (exact) mass is 313 g/mol. The second kappa shape index (κ2) is 5.52. The molecule has 1 heterocycles. The van der Waals surface area contributed by atoms with E-state index in [0.717, 1.165) is 6.42 Å². The third-order valence-electron chi connectivity index (χ3n) is 5.35. The molecule has 120 valence electrons. The van der Waals surface area contributed by atoms with E-state index in [4.69, 9.17) is 0 Å². The maximum Gasteiger partial charge on any atom is 0.0544 e. The number of benzene rings is 3. The molecule has 0 N–H and O–H groups in total. The van der Waals surface area contributed by atoms with Crippen molar-refractivity contribution in [1.82, 2.24) is 4.57 Å². The van der Waals surface area contributed by atoms with E-state index in [-0.39, 0.29) is 5.41 Å². The van der Waals surface area contributed by atoms with Crippen LogP contribution in [-0.2, 0) is 5.41 Å². The fraction of sp³-hybridized carbons (Fsp3) is 0.217. The van der Waals surface area contributed by atoms with Gasteiger partial charge in [-0.3, -0.25) is 0 Å². The van der Waals surface area contributed by atoms with Crippen molar-refractivity contribution in [2.75, 3.05) is 0 Å². The van der Waals surface area contributed by atoms with Crippen LogP contribution in [0.5, 0.6) is 0 Å². The molecule has 0 spiro atoms. The first-order chi connectivity index (χ1) is 11.6. The first-order valence-electron chi connectivity index (χ1n) is 8.71. The molecule has 1 nitrogen and oxygen atoms in total. The van der Waals surface area contributed by atoms with Crippen molar-refractivity contribution in [3.05, 3.63) is 78.4 Å². The molecule has 0 amide bonds. The van der Waals surface area contributed by atoms with Gasteiger partial charge in [0.25, 0.3) is 0 Å². The standard InChI is InChI=1S/C23H23N/c1-4-23(2,3)17-14-15-20-19-12-8-9-13-21(19)24(22(20)16-17)18-10-6-5-7-11-18/h5-16H,4H2,1-3H3. The minimum atomic E-state index is 0.187. The maximum absolute atomic E-state index is 2.39. The summed E-state index contributed by atoms with van der Waals surface area (Å²) in [4.78, 5) is 0. The van der Waals surface area contributed by atoms with Crippen LogP contribution >= 0.6 is 0 Å². The lowest BCUT2D eigenvalue weighted by Crippen LogP contribution is -2.15. The number of hydrogen-bond acceptors (Lipinski definition) is 0. The predicted molar refractivity (Wildman–Crippen MR) is 104 cm³/mol. The zero-order valence-electron chi connectivity index (χ0n) is 14.6. The average molecular weight is 313 g/mol. The van der Waals surface area contributed by atoms with Crippen molar-refractivity contribution in [3.8, 4) is 5.69 Å². The van der Waals surface area contributed by atoms with Crippen molar-refractivity contribution in [2.24, 2.45) is 0 Å². The molecule has 0 fully saturated rings. The lowest BCUT2D eigenvalue weighted by Gasteiger charge is -2.23. The Morgan fingerprint density at radius 3 is 2.17 bits per heavy atom. The molecule has 0 bridgehead atoms. The van der Waals surface area contributed by atoms with Gasteiger partial charge in [0, 0.05) is 16.5 Å². The van der Waals surface area contributed by atoms with Crippen molar-refractivity contribution in [2.45, 2.75) is 32.6 Å². The van der Waals surface area contributed by atoms with Crippen LogP contribution in [0.2, 0.25) is 0 Å². The summed E-state index contributed by atoms with van der Waals surface area (Å²) in [6, 6.07) is 26.3. The molecule has 0 atom stereocenters. The lowest BCUT2D eigenvalue weighted by molar-refractivity contribution is 0.507. The number of nitrogens with zero attached hydrogens (tertiary/aromatic N) is 1. The van der Waals surface area contributed by atoms with Crippen molar-refractivity contribution in [1.29, 1.82) is 0 Å². The number of para-hydroxylation sites is 2. The summed E-state index contributed by atoms with van der Waals surface area (Å²) in [5.41, 5.74) is 5.37. The van der Waals surface area contributed by atoms with Crippen LogP contribution in [0.1, 0.15) is 32.8 Å². The Kier molecular flexibility index (Phi) is 3.45. The molecule has 4 rings (SSSR count). The van der Waals surface area contributed by atoms with Gasteiger partial charge in [-0.15, -0.1) is 0 Å². The predicted octanol–water partition coefficient (Wildman–Crippen LogP) is 6.47. The molecule has 4 aromatic rings. The Bertz CT molecular complexity index is 1010. The first kappa shape index (κ1) is 15.0. The molecule has 0 radical (unpaired) electrons. The topological polar surface area (TPSA) is 4.93 Å². The zero-order chi connectivity index (χ0) is 16.7. The van der Waals surface area contributed by atoms with E-state index in [0.29, 0.717) is 0 Å². The van der Waals surface area contributed by atoms with Crippen LogP contribution in [0.25, 0.3) is 27.5 Å². The molecular weight excluding hydrogens is 290 g/mol. The Morgan fingerprint density at radius 1 is 0.750 bits per heavy atom. The first-order valence-corrected chi connectivity index (χ1v) is 8.71. The molecule has 3 aromatic carbocycles. The lowest BCUT2D eigenvalue weighted by atomic mass is 9.82. The molecule has 0 aliphatic carbocycles. The highest BCUT2D eigenvalue weighted by atomic mass is 15.0. The van der Waals surface area contributed by atoms with Gasteiger partial charge in [0.05, 0.1) is 11.0 Å². The van der Waals surface area contributed by atoms with Crippen LogP contribution in [0.15, 0.2) is 72.8 Å². The van der Waals surface area contributed by atoms with Gasteiger partial charge >= 0.3 is 0 Å². The minimum absolute atomic E-state index is 0.187. The van der Waals surface area contributed by atoms with Gasteiger partial charge in [-0.05, 0) is 41.7 Å². The van der Waals surface area contributed by atoms with Crippen LogP contribution in [0.3, 0.4) is 0 Å². The summed E-state index contributed by atoms with van der Waals surface area (Å²) < 4.78 is 2.39.